The van der Waals surface area contributed by atoms with Crippen LogP contribution in [-0.4, -0.2) is 10.4 Å². The molecule has 26 heavy (non-hydrogen) atoms. The fourth-order valence-electron chi connectivity index (χ4n) is 3.30. The molecule has 1 heterocycles. The Morgan fingerprint density at radius 3 is 2.58 bits per heavy atom. The molecule has 4 aromatic rings. The van der Waals surface area contributed by atoms with E-state index in [2.05, 4.69) is 14.9 Å². The highest BCUT2D eigenvalue weighted by Crippen LogP contribution is 2.30. The van der Waals surface area contributed by atoms with E-state index in [4.69, 9.17) is 11.3 Å². The van der Waals surface area contributed by atoms with Crippen LogP contribution in [0.3, 0.4) is 0 Å². The van der Waals surface area contributed by atoms with Gasteiger partial charge in [0.1, 0.15) is 5.82 Å². The van der Waals surface area contributed by atoms with Crippen molar-refractivity contribution < 1.29 is 4.39 Å². The summed E-state index contributed by atoms with van der Waals surface area (Å²) in [5.41, 5.74) is 3.59. The molecule has 0 bridgehead atoms. The van der Waals surface area contributed by atoms with Gasteiger partial charge in [-0.25, -0.2) is 4.39 Å². The number of benzene rings is 3. The van der Waals surface area contributed by atoms with E-state index in [9.17, 15) is 4.39 Å². The molecular weight excluding hydrogens is 329 g/mol. The van der Waals surface area contributed by atoms with Gasteiger partial charge in [-0.15, -0.1) is 5.11 Å². The van der Waals surface area contributed by atoms with Gasteiger partial charge in [0.2, 0.25) is 0 Å². The zero-order valence-electron chi connectivity index (χ0n) is 13.9. The number of amidine groups is 1. The van der Waals surface area contributed by atoms with Crippen LogP contribution in [0.25, 0.3) is 21.8 Å². The number of halogens is 1. The molecule has 128 valence electrons. The molecule has 3 N–H and O–H groups in total. The van der Waals surface area contributed by atoms with Crippen molar-refractivity contribution in [1.82, 2.24) is 4.57 Å². The number of hydrogen-bond donors (Lipinski definition) is 2. The van der Waals surface area contributed by atoms with Crippen molar-refractivity contribution in [2.75, 3.05) is 0 Å². The zero-order valence-corrected chi connectivity index (χ0v) is 13.9. The maximum Gasteiger partial charge on any atom is 0.176 e. The smallest absolute Gasteiger partial charge is 0.176 e. The van der Waals surface area contributed by atoms with E-state index in [0.717, 1.165) is 27.4 Å². The van der Waals surface area contributed by atoms with Crippen LogP contribution in [0, 0.1) is 11.2 Å². The van der Waals surface area contributed by atoms with Gasteiger partial charge in [-0.3, -0.25) is 5.41 Å². The molecule has 0 amide bonds. The average Bonchev–Trinajstić information content (AvgIpc) is 2.96. The first-order valence-corrected chi connectivity index (χ1v) is 8.12. The van der Waals surface area contributed by atoms with E-state index >= 15 is 0 Å². The molecule has 0 saturated carbocycles. The van der Waals surface area contributed by atoms with Gasteiger partial charge in [0.25, 0.3) is 0 Å². The highest BCUT2D eigenvalue weighted by atomic mass is 19.1. The average molecular weight is 345 g/mol. The van der Waals surface area contributed by atoms with Crippen molar-refractivity contribution in [1.29, 1.82) is 5.41 Å². The van der Waals surface area contributed by atoms with Crippen LogP contribution in [-0.2, 0) is 6.54 Å². The van der Waals surface area contributed by atoms with Crippen molar-refractivity contribution >= 4 is 27.6 Å². The van der Waals surface area contributed by atoms with Gasteiger partial charge < -0.3 is 10.4 Å². The summed E-state index contributed by atoms with van der Waals surface area (Å²) in [6.45, 7) is 0.557. The van der Waals surface area contributed by atoms with Crippen molar-refractivity contribution in [2.45, 2.75) is 6.54 Å². The number of nitrogens with zero attached hydrogens (tertiary/aromatic N) is 3. The van der Waals surface area contributed by atoms with E-state index in [1.807, 2.05) is 48.5 Å². The Kier molecular flexibility index (Phi) is 3.93. The van der Waals surface area contributed by atoms with E-state index in [1.165, 1.54) is 6.07 Å². The van der Waals surface area contributed by atoms with Gasteiger partial charge in [0, 0.05) is 33.9 Å². The van der Waals surface area contributed by atoms with Gasteiger partial charge in [0.05, 0.1) is 0 Å². The maximum atomic E-state index is 13.6. The Morgan fingerprint density at radius 1 is 0.962 bits per heavy atom. The number of rotatable bonds is 3. The summed E-state index contributed by atoms with van der Waals surface area (Å²) >= 11 is 0. The minimum absolute atomic E-state index is 0.0105. The lowest BCUT2D eigenvalue weighted by atomic mass is 10.1. The van der Waals surface area contributed by atoms with Crippen LogP contribution in [0.15, 0.2) is 77.1 Å². The van der Waals surface area contributed by atoms with E-state index in [-0.39, 0.29) is 11.7 Å². The third kappa shape index (κ3) is 2.71. The van der Waals surface area contributed by atoms with Crippen LogP contribution >= 0.6 is 0 Å². The first kappa shape index (κ1) is 16.0. The molecule has 0 aliphatic heterocycles. The van der Waals surface area contributed by atoms with E-state index < -0.39 is 0 Å². The lowest BCUT2D eigenvalue weighted by Crippen LogP contribution is -2.00. The lowest BCUT2D eigenvalue weighted by molar-refractivity contribution is 0.624. The van der Waals surface area contributed by atoms with Crippen LogP contribution in [0.1, 0.15) is 11.1 Å². The second-order valence-electron chi connectivity index (χ2n) is 6.03. The number of nitrogens with two attached hydrogens (primary N) is 1. The number of para-hydroxylation sites is 1. The highest BCUT2D eigenvalue weighted by molar-refractivity contribution is 6.11. The molecule has 1 aromatic heterocycles. The fraction of sp³-hybridized carbons (Fsp3) is 0.0500. The first-order valence-electron chi connectivity index (χ1n) is 8.12. The van der Waals surface area contributed by atoms with Crippen molar-refractivity contribution in [2.24, 2.45) is 16.2 Å². The number of fused-ring (bicyclic) bond motifs is 3. The molecule has 5 nitrogen and oxygen atoms in total. The number of nitrogens with one attached hydrogen (secondary N) is 1. The summed E-state index contributed by atoms with van der Waals surface area (Å²) in [7, 11) is 0. The second-order valence-corrected chi connectivity index (χ2v) is 6.03. The quantitative estimate of drug-likeness (QED) is 0.183. The third-order valence-corrected chi connectivity index (χ3v) is 4.43. The monoisotopic (exact) mass is 345 g/mol. The number of aromatic nitrogens is 1. The van der Waals surface area contributed by atoms with Crippen molar-refractivity contribution in [3.63, 3.8) is 0 Å². The molecule has 0 unspecified atom stereocenters. The second kappa shape index (κ2) is 6.40. The van der Waals surface area contributed by atoms with Gasteiger partial charge in [-0.2, -0.15) is 0 Å². The van der Waals surface area contributed by atoms with Gasteiger partial charge in [-0.05, 0) is 42.0 Å². The largest absolute Gasteiger partial charge is 0.336 e. The summed E-state index contributed by atoms with van der Waals surface area (Å²) in [5, 5.41) is 16.8. The fourth-order valence-corrected chi connectivity index (χ4v) is 3.30. The first-order chi connectivity index (χ1) is 12.7. The van der Waals surface area contributed by atoms with Crippen molar-refractivity contribution in [3.05, 3.63) is 83.7 Å². The van der Waals surface area contributed by atoms with Gasteiger partial charge in [0.15, 0.2) is 5.84 Å². The van der Waals surface area contributed by atoms with Crippen molar-refractivity contribution in [3.8, 4) is 0 Å². The Balaban J connectivity index is 1.92. The molecule has 0 aliphatic rings. The molecule has 0 aliphatic carbocycles. The van der Waals surface area contributed by atoms with Crippen LogP contribution in [0.5, 0.6) is 0 Å². The van der Waals surface area contributed by atoms with Crippen LogP contribution < -0.4 is 5.84 Å². The molecule has 6 heteroatoms. The molecule has 0 saturated heterocycles. The topological polar surface area (TPSA) is 79.5 Å². The molecular formula is C20H16FN5. The molecule has 3 aromatic carbocycles. The minimum Gasteiger partial charge on any atom is -0.336 e. The normalized spacial score (nSPS) is 11.6. The predicted molar refractivity (Wildman–Crippen MR) is 101 cm³/mol. The number of hydrogen-bond acceptors (Lipinski definition) is 2. The van der Waals surface area contributed by atoms with Gasteiger partial charge >= 0.3 is 0 Å². The van der Waals surface area contributed by atoms with Crippen LogP contribution in [0.4, 0.5) is 4.39 Å². The summed E-state index contributed by atoms with van der Waals surface area (Å²) < 4.78 is 15.7. The molecule has 4 rings (SSSR count). The Morgan fingerprint density at radius 2 is 1.77 bits per heavy atom. The third-order valence-electron chi connectivity index (χ3n) is 4.43. The standard InChI is InChI=1S/C20H16FN5/c21-15-5-3-4-13(10-15)12-26-18-7-2-1-6-16(18)17-11-14(8-9-19(17)26)20(22)24-25-23/h1-11H,12H2,(H3,22,23,24). The SMILES string of the molecule is N=C(N=NN)c1ccc2c(c1)c1ccccc1n2Cc1cccc(F)c1. The summed E-state index contributed by atoms with van der Waals surface area (Å²) in [5.74, 6) is 4.82. The molecule has 0 radical (unpaired) electrons. The Hall–Kier alpha value is -3.54. The van der Waals surface area contributed by atoms with E-state index in [1.54, 1.807) is 12.1 Å². The summed E-state index contributed by atoms with van der Waals surface area (Å²) in [6.07, 6.45) is 0. The predicted octanol–water partition coefficient (Wildman–Crippen LogP) is 4.63. The molecule has 0 spiro atoms. The summed E-state index contributed by atoms with van der Waals surface area (Å²) in [6, 6.07) is 20.3. The van der Waals surface area contributed by atoms with E-state index in [0.29, 0.717) is 12.1 Å². The zero-order chi connectivity index (χ0) is 18.1. The minimum atomic E-state index is -0.244. The highest BCUT2D eigenvalue weighted by Gasteiger charge is 2.12. The Labute approximate surface area is 149 Å². The lowest BCUT2D eigenvalue weighted by Gasteiger charge is -2.08. The molecule has 0 fully saturated rings. The Bertz CT molecular complexity index is 1160. The molecule has 0 atom stereocenters. The maximum absolute atomic E-state index is 13.6. The summed E-state index contributed by atoms with van der Waals surface area (Å²) in [4.78, 5) is 0. The van der Waals surface area contributed by atoms with Gasteiger partial charge in [-0.1, -0.05) is 35.6 Å². The van der Waals surface area contributed by atoms with Crippen LogP contribution in [0.2, 0.25) is 0 Å².